The molecule has 23 heavy (non-hydrogen) atoms. The molecule has 6 heteroatoms. The number of aromatic nitrogens is 1. The van der Waals surface area contributed by atoms with Crippen molar-refractivity contribution in [3.8, 4) is 0 Å². The Morgan fingerprint density at radius 1 is 1.26 bits per heavy atom. The van der Waals surface area contributed by atoms with E-state index in [1.54, 1.807) is 34.8 Å². The minimum atomic E-state index is -0.462. The molecule has 1 aromatic rings. The fourth-order valence-electron chi connectivity index (χ4n) is 2.66. The lowest BCUT2D eigenvalue weighted by Crippen LogP contribution is -2.37. The summed E-state index contributed by atoms with van der Waals surface area (Å²) >= 11 is 0. The Morgan fingerprint density at radius 2 is 2.00 bits per heavy atom. The number of likely N-dealkylation sites (tertiary alicyclic amines) is 1. The van der Waals surface area contributed by atoms with Gasteiger partial charge in [-0.3, -0.25) is 4.79 Å². The lowest BCUT2D eigenvalue weighted by molar-refractivity contribution is 0.0256. The highest BCUT2D eigenvalue weighted by Crippen LogP contribution is 2.18. The first kappa shape index (κ1) is 17.4. The number of aryl methyl sites for hydroxylation is 1. The molecule has 6 nitrogen and oxygen atoms in total. The van der Waals surface area contributed by atoms with Gasteiger partial charge < -0.3 is 19.5 Å². The Hall–Kier alpha value is -1.98. The summed E-state index contributed by atoms with van der Waals surface area (Å²) in [5.74, 6) is 0. The summed E-state index contributed by atoms with van der Waals surface area (Å²) < 4.78 is 7.01. The summed E-state index contributed by atoms with van der Waals surface area (Å²) in [6.45, 7) is 7.05. The third kappa shape index (κ3) is 5.30. The van der Waals surface area contributed by atoms with E-state index in [0.717, 1.165) is 31.5 Å². The highest BCUT2D eigenvalue weighted by molar-refractivity contribution is 5.68. The lowest BCUT2D eigenvalue weighted by atomic mass is 10.1. The maximum Gasteiger partial charge on any atom is 0.410 e. The average Bonchev–Trinajstić information content (AvgIpc) is 2.67. The van der Waals surface area contributed by atoms with Crippen molar-refractivity contribution >= 4 is 11.8 Å². The highest BCUT2D eigenvalue weighted by Gasteiger charge is 2.25. The zero-order valence-corrected chi connectivity index (χ0v) is 14.5. The van der Waals surface area contributed by atoms with Crippen molar-refractivity contribution in [3.63, 3.8) is 0 Å². The summed E-state index contributed by atoms with van der Waals surface area (Å²) in [6, 6.07) is 3.66. The van der Waals surface area contributed by atoms with E-state index in [1.807, 2.05) is 20.8 Å². The number of amides is 1. The number of pyridine rings is 1. The van der Waals surface area contributed by atoms with E-state index < -0.39 is 5.60 Å². The number of hydrogen-bond donors (Lipinski definition) is 1. The van der Waals surface area contributed by atoms with Gasteiger partial charge in [0.15, 0.2) is 0 Å². The van der Waals surface area contributed by atoms with Crippen LogP contribution in [0.5, 0.6) is 0 Å². The normalized spacial score (nSPS) is 19.1. The summed E-state index contributed by atoms with van der Waals surface area (Å²) in [5, 5.41) is 3.46. The van der Waals surface area contributed by atoms with Crippen LogP contribution in [0.3, 0.4) is 0 Å². The molecular weight excluding hydrogens is 294 g/mol. The molecule has 2 heterocycles. The van der Waals surface area contributed by atoms with Crippen molar-refractivity contribution in [2.24, 2.45) is 7.05 Å². The molecule has 1 aliphatic rings. The van der Waals surface area contributed by atoms with Gasteiger partial charge in [0.1, 0.15) is 5.60 Å². The van der Waals surface area contributed by atoms with Gasteiger partial charge in [-0.2, -0.15) is 0 Å². The largest absolute Gasteiger partial charge is 0.444 e. The highest BCUT2D eigenvalue weighted by atomic mass is 16.6. The van der Waals surface area contributed by atoms with E-state index in [9.17, 15) is 9.59 Å². The van der Waals surface area contributed by atoms with E-state index in [0.29, 0.717) is 12.6 Å². The van der Waals surface area contributed by atoms with Gasteiger partial charge in [0.05, 0.1) is 5.69 Å². The first-order valence-electron chi connectivity index (χ1n) is 8.16. The second-order valence-corrected chi connectivity index (χ2v) is 7.11. The van der Waals surface area contributed by atoms with Gasteiger partial charge in [0.2, 0.25) is 5.56 Å². The monoisotopic (exact) mass is 321 g/mol. The lowest BCUT2D eigenvalue weighted by Gasteiger charge is -2.26. The van der Waals surface area contributed by atoms with Crippen molar-refractivity contribution in [3.05, 3.63) is 28.7 Å². The Balaban J connectivity index is 1.92. The van der Waals surface area contributed by atoms with E-state index in [-0.39, 0.29) is 11.7 Å². The SMILES string of the molecule is Cn1cc(NC2CCCN(C(=O)OC(C)(C)C)CC2)ccc1=O. The smallest absolute Gasteiger partial charge is 0.410 e. The van der Waals surface area contributed by atoms with Crippen molar-refractivity contribution in [1.29, 1.82) is 0 Å². The van der Waals surface area contributed by atoms with Gasteiger partial charge in [-0.1, -0.05) is 0 Å². The van der Waals surface area contributed by atoms with Crippen molar-refractivity contribution in [2.45, 2.75) is 51.7 Å². The summed E-state index contributed by atoms with van der Waals surface area (Å²) in [5.41, 5.74) is 0.450. The maximum absolute atomic E-state index is 12.2. The number of anilines is 1. The van der Waals surface area contributed by atoms with Crippen molar-refractivity contribution in [2.75, 3.05) is 18.4 Å². The molecule has 0 bridgehead atoms. The molecule has 1 unspecified atom stereocenters. The molecule has 1 fully saturated rings. The van der Waals surface area contributed by atoms with Gasteiger partial charge in [-0.25, -0.2) is 4.79 Å². The topological polar surface area (TPSA) is 63.6 Å². The maximum atomic E-state index is 12.2. The van der Waals surface area contributed by atoms with Crippen molar-refractivity contribution < 1.29 is 9.53 Å². The first-order chi connectivity index (χ1) is 10.7. The zero-order chi connectivity index (χ0) is 17.0. The number of carbonyl (C=O) groups excluding carboxylic acids is 1. The minimum absolute atomic E-state index is 0.0208. The molecule has 1 atom stereocenters. The second kappa shape index (κ2) is 7.06. The fraction of sp³-hybridized carbons (Fsp3) is 0.647. The van der Waals surface area contributed by atoms with Crippen LogP contribution in [-0.4, -0.2) is 40.3 Å². The molecule has 0 aromatic carbocycles. The van der Waals surface area contributed by atoms with Crippen LogP contribution in [0.1, 0.15) is 40.0 Å². The van der Waals surface area contributed by atoms with Crippen LogP contribution in [0.2, 0.25) is 0 Å². The summed E-state index contributed by atoms with van der Waals surface area (Å²) in [7, 11) is 1.74. The van der Waals surface area contributed by atoms with Crippen LogP contribution in [0.25, 0.3) is 0 Å². The third-order valence-corrected chi connectivity index (χ3v) is 3.84. The number of hydrogen-bond acceptors (Lipinski definition) is 4. The van der Waals surface area contributed by atoms with Crippen LogP contribution in [0.4, 0.5) is 10.5 Å². The van der Waals surface area contributed by atoms with Crippen LogP contribution in [0, 0.1) is 0 Å². The summed E-state index contributed by atoms with van der Waals surface area (Å²) in [4.78, 5) is 25.4. The molecule has 1 aromatic heterocycles. The molecular formula is C17H27N3O3. The Labute approximate surface area is 137 Å². The first-order valence-corrected chi connectivity index (χ1v) is 8.16. The van der Waals surface area contributed by atoms with Crippen molar-refractivity contribution in [1.82, 2.24) is 9.47 Å². The predicted molar refractivity (Wildman–Crippen MR) is 90.8 cm³/mol. The van der Waals surface area contributed by atoms with E-state index in [2.05, 4.69) is 5.32 Å². The van der Waals surface area contributed by atoms with Gasteiger partial charge in [0, 0.05) is 38.4 Å². The van der Waals surface area contributed by atoms with E-state index in [1.165, 1.54) is 0 Å². The van der Waals surface area contributed by atoms with E-state index in [4.69, 9.17) is 4.74 Å². The van der Waals surface area contributed by atoms with Gasteiger partial charge in [-0.05, 0) is 46.1 Å². The number of ether oxygens (including phenoxy) is 1. The van der Waals surface area contributed by atoms with Crippen LogP contribution < -0.4 is 10.9 Å². The minimum Gasteiger partial charge on any atom is -0.444 e. The molecule has 0 radical (unpaired) electrons. The molecule has 2 rings (SSSR count). The Morgan fingerprint density at radius 3 is 2.65 bits per heavy atom. The Kier molecular flexibility index (Phi) is 5.34. The number of nitrogens with one attached hydrogen (secondary N) is 1. The number of rotatable bonds is 2. The number of nitrogens with zero attached hydrogens (tertiary/aromatic N) is 2. The van der Waals surface area contributed by atoms with E-state index >= 15 is 0 Å². The van der Waals surface area contributed by atoms with Gasteiger partial charge in [-0.15, -0.1) is 0 Å². The molecule has 1 saturated heterocycles. The molecule has 1 aliphatic heterocycles. The quantitative estimate of drug-likeness (QED) is 0.909. The second-order valence-electron chi connectivity index (χ2n) is 7.11. The van der Waals surface area contributed by atoms with Gasteiger partial charge in [0.25, 0.3) is 0 Å². The van der Waals surface area contributed by atoms with Crippen LogP contribution >= 0.6 is 0 Å². The zero-order valence-electron chi connectivity index (χ0n) is 14.5. The third-order valence-electron chi connectivity index (χ3n) is 3.84. The van der Waals surface area contributed by atoms with Crippen LogP contribution in [-0.2, 0) is 11.8 Å². The van der Waals surface area contributed by atoms with Gasteiger partial charge >= 0.3 is 6.09 Å². The molecule has 1 N–H and O–H groups in total. The number of carbonyl (C=O) groups is 1. The molecule has 0 spiro atoms. The van der Waals surface area contributed by atoms with Crippen LogP contribution in [0.15, 0.2) is 23.1 Å². The summed E-state index contributed by atoms with van der Waals surface area (Å²) in [6.07, 6.45) is 4.35. The molecule has 128 valence electrons. The average molecular weight is 321 g/mol. The molecule has 0 aliphatic carbocycles. The Bertz CT molecular complexity index is 604. The molecule has 0 saturated carbocycles. The standard InChI is InChI=1S/C17H27N3O3/c1-17(2,3)23-16(22)20-10-5-6-13(9-11-20)18-14-7-8-15(21)19(4)12-14/h7-8,12-13,18H,5-6,9-11H2,1-4H3. The predicted octanol–water partition coefficient (Wildman–Crippen LogP) is 2.59. The fourth-order valence-corrected chi connectivity index (χ4v) is 2.66. The molecule has 1 amide bonds.